The molecule has 2 heterocycles. The number of hydrogen-bond acceptors (Lipinski definition) is 4. The minimum atomic E-state index is -0.600. The number of piperidine rings is 1. The van der Waals surface area contributed by atoms with Crippen molar-refractivity contribution in [2.24, 2.45) is 4.99 Å². The monoisotopic (exact) mass is 424 g/mol. The van der Waals surface area contributed by atoms with Crippen LogP contribution in [-0.2, 0) is 4.79 Å². The van der Waals surface area contributed by atoms with E-state index < -0.39 is 17.7 Å². The highest BCUT2D eigenvalue weighted by atomic mass is 35.5. The van der Waals surface area contributed by atoms with Gasteiger partial charge < -0.3 is 5.32 Å². The Labute approximate surface area is 179 Å². The lowest BCUT2D eigenvalue weighted by Crippen LogP contribution is -2.43. The molecule has 2 aromatic carbocycles. The molecule has 0 saturated carbocycles. The quantitative estimate of drug-likeness (QED) is 0.594. The molecule has 1 saturated heterocycles. The van der Waals surface area contributed by atoms with Crippen LogP contribution in [0.1, 0.15) is 35.2 Å². The van der Waals surface area contributed by atoms with Crippen molar-refractivity contribution in [1.82, 2.24) is 4.90 Å². The number of likely N-dealkylation sites (tertiary alicyclic amines) is 1. The summed E-state index contributed by atoms with van der Waals surface area (Å²) in [5, 5.41) is 3.11. The molecule has 8 heteroatoms. The molecule has 0 aromatic heterocycles. The second-order valence-electron chi connectivity index (χ2n) is 7.32. The summed E-state index contributed by atoms with van der Waals surface area (Å²) in [5.74, 6) is -1.09. The van der Waals surface area contributed by atoms with Crippen LogP contribution in [0.5, 0.6) is 0 Å². The van der Waals surface area contributed by atoms with Gasteiger partial charge in [0.25, 0.3) is 5.78 Å². The van der Waals surface area contributed by atoms with Crippen LogP contribution in [0, 0.1) is 0 Å². The van der Waals surface area contributed by atoms with Gasteiger partial charge in [-0.15, -0.1) is 0 Å². The molecule has 0 bridgehead atoms. The first-order valence-corrected chi connectivity index (χ1v) is 10.2. The third-order valence-corrected chi connectivity index (χ3v) is 5.58. The molecule has 7 nitrogen and oxygen atoms in total. The molecule has 0 radical (unpaired) electrons. The highest BCUT2D eigenvalue weighted by Crippen LogP contribution is 2.32. The average Bonchev–Trinajstić information content (AvgIpc) is 2.98. The Hall–Kier alpha value is -3.03. The van der Waals surface area contributed by atoms with Gasteiger partial charge in [-0.1, -0.05) is 36.2 Å². The lowest BCUT2D eigenvalue weighted by molar-refractivity contribution is -0.114. The van der Waals surface area contributed by atoms with E-state index in [0.717, 1.165) is 25.9 Å². The van der Waals surface area contributed by atoms with Gasteiger partial charge in [0.1, 0.15) is 0 Å². The first-order chi connectivity index (χ1) is 14.5. The molecule has 0 aliphatic carbocycles. The fourth-order valence-corrected chi connectivity index (χ4v) is 3.87. The molecule has 0 atom stereocenters. The highest BCUT2D eigenvalue weighted by molar-refractivity contribution is 6.52. The fraction of sp³-hybridized carbons (Fsp3) is 0.273. The van der Waals surface area contributed by atoms with Gasteiger partial charge in [0.15, 0.2) is 0 Å². The molecule has 2 aromatic rings. The summed E-state index contributed by atoms with van der Waals surface area (Å²) in [6, 6.07) is 11.3. The summed E-state index contributed by atoms with van der Waals surface area (Å²) in [4.78, 5) is 44.6. The molecule has 2 aliphatic rings. The molecule has 30 heavy (non-hydrogen) atoms. The van der Waals surface area contributed by atoms with E-state index in [9.17, 15) is 14.4 Å². The number of rotatable bonds is 4. The van der Waals surface area contributed by atoms with Crippen molar-refractivity contribution in [3.8, 4) is 0 Å². The Bertz CT molecular complexity index is 1030. The van der Waals surface area contributed by atoms with Crippen LogP contribution in [-0.4, -0.2) is 48.6 Å². The van der Waals surface area contributed by atoms with Gasteiger partial charge in [-0.05, 0) is 50.2 Å². The van der Waals surface area contributed by atoms with E-state index in [2.05, 4.69) is 15.2 Å². The average molecular weight is 425 g/mol. The van der Waals surface area contributed by atoms with Crippen LogP contribution >= 0.6 is 11.6 Å². The van der Waals surface area contributed by atoms with Crippen molar-refractivity contribution in [2.45, 2.75) is 19.3 Å². The Balaban J connectivity index is 1.47. The van der Waals surface area contributed by atoms with Gasteiger partial charge in [-0.2, -0.15) is 0 Å². The Morgan fingerprint density at radius 3 is 2.63 bits per heavy atom. The van der Waals surface area contributed by atoms with Crippen LogP contribution in [0.4, 0.5) is 16.2 Å². The van der Waals surface area contributed by atoms with E-state index >= 15 is 0 Å². The normalized spacial score (nSPS) is 16.9. The van der Waals surface area contributed by atoms with Crippen LogP contribution in [0.2, 0.25) is 5.02 Å². The minimum absolute atomic E-state index is 0.296. The van der Waals surface area contributed by atoms with Crippen molar-refractivity contribution in [1.29, 1.82) is 0 Å². The summed E-state index contributed by atoms with van der Waals surface area (Å²) < 4.78 is 0. The summed E-state index contributed by atoms with van der Waals surface area (Å²) in [6.45, 7) is 2.25. The number of nitrogens with zero attached hydrogens (tertiary/aromatic N) is 3. The highest BCUT2D eigenvalue weighted by Gasteiger charge is 2.37. The van der Waals surface area contributed by atoms with Crippen molar-refractivity contribution in [2.75, 3.05) is 30.0 Å². The van der Waals surface area contributed by atoms with Gasteiger partial charge in [-0.3, -0.25) is 19.4 Å². The number of fused-ring (bicyclic) bond motifs is 1. The first-order valence-electron chi connectivity index (χ1n) is 9.85. The number of aliphatic imine (C=N–C) groups is 1. The zero-order valence-corrected chi connectivity index (χ0v) is 17.1. The van der Waals surface area contributed by atoms with E-state index in [0.29, 0.717) is 34.2 Å². The number of Topliss-reactive ketones (excluding diaryl/α,β-unsaturated/α-hetero) is 1. The number of anilines is 2. The van der Waals surface area contributed by atoms with Crippen molar-refractivity contribution in [3.63, 3.8) is 0 Å². The largest absolute Gasteiger partial charge is 0.345 e. The number of carbonyl (C=O) groups is 3. The minimum Gasteiger partial charge on any atom is -0.306 e. The van der Waals surface area contributed by atoms with Crippen LogP contribution in [0.3, 0.4) is 0 Å². The fourth-order valence-electron chi connectivity index (χ4n) is 3.68. The van der Waals surface area contributed by atoms with Gasteiger partial charge in [0.2, 0.25) is 0 Å². The standard InChI is InChI=1S/C22H21ClN4O3/c23-18-7-3-2-6-15(18)13-24-22(30)25-16-8-9-19-17(12-16)20(28)21(29)27(19)14-26-10-4-1-5-11-26/h2-3,6-9,12-13H,1,4-5,10-11,14H2,(H,25,30)/b24-13+. The summed E-state index contributed by atoms with van der Waals surface area (Å²) >= 11 is 6.04. The smallest absolute Gasteiger partial charge is 0.306 e. The molecular formula is C22H21ClN4O3. The maximum absolute atomic E-state index is 12.5. The lowest BCUT2D eigenvalue weighted by Gasteiger charge is -2.30. The number of benzene rings is 2. The molecule has 0 spiro atoms. The van der Waals surface area contributed by atoms with Crippen molar-refractivity contribution >= 4 is 46.9 Å². The number of urea groups is 1. The second-order valence-corrected chi connectivity index (χ2v) is 7.73. The van der Waals surface area contributed by atoms with Gasteiger partial charge in [-0.25, -0.2) is 9.79 Å². The molecule has 1 fully saturated rings. The second kappa shape index (κ2) is 8.77. The van der Waals surface area contributed by atoms with Gasteiger partial charge in [0, 0.05) is 22.5 Å². The van der Waals surface area contributed by atoms with E-state index in [-0.39, 0.29) is 0 Å². The first kappa shape index (κ1) is 20.3. The molecule has 2 aliphatic heterocycles. The Kier molecular flexibility index (Phi) is 5.92. The maximum Gasteiger partial charge on any atom is 0.345 e. The predicted molar refractivity (Wildman–Crippen MR) is 117 cm³/mol. The number of hydrogen-bond donors (Lipinski definition) is 1. The molecule has 154 valence electrons. The Morgan fingerprint density at radius 2 is 1.87 bits per heavy atom. The molecule has 1 N–H and O–H groups in total. The summed E-state index contributed by atoms with van der Waals surface area (Å²) in [5.41, 5.74) is 1.89. The molecule has 4 rings (SSSR count). The number of ketones is 1. The number of halogens is 1. The topological polar surface area (TPSA) is 82.1 Å². The van der Waals surface area contributed by atoms with E-state index in [4.69, 9.17) is 11.6 Å². The van der Waals surface area contributed by atoms with E-state index in [1.165, 1.54) is 23.6 Å². The maximum atomic E-state index is 12.5. The summed E-state index contributed by atoms with van der Waals surface area (Å²) in [6.07, 6.45) is 4.77. The number of amides is 3. The molecular weight excluding hydrogens is 404 g/mol. The van der Waals surface area contributed by atoms with E-state index in [1.54, 1.807) is 36.4 Å². The third-order valence-electron chi connectivity index (χ3n) is 5.24. The molecule has 3 amide bonds. The third kappa shape index (κ3) is 4.27. The zero-order chi connectivity index (χ0) is 21.1. The van der Waals surface area contributed by atoms with E-state index in [1.807, 2.05) is 0 Å². The van der Waals surface area contributed by atoms with Gasteiger partial charge >= 0.3 is 11.9 Å². The zero-order valence-electron chi connectivity index (χ0n) is 16.3. The Morgan fingerprint density at radius 1 is 1.10 bits per heavy atom. The molecule has 0 unspecified atom stereocenters. The predicted octanol–water partition coefficient (Wildman–Crippen LogP) is 3.96. The SMILES string of the molecule is O=C(/N=C/c1ccccc1Cl)Nc1ccc2c(c1)C(=O)C(=O)N2CN1CCCCC1. The van der Waals surface area contributed by atoms with Crippen molar-refractivity contribution in [3.05, 3.63) is 58.6 Å². The summed E-state index contributed by atoms with van der Waals surface area (Å²) in [7, 11) is 0. The lowest BCUT2D eigenvalue weighted by atomic mass is 10.1. The van der Waals surface area contributed by atoms with Gasteiger partial charge in [0.05, 0.1) is 17.9 Å². The van der Waals surface area contributed by atoms with Crippen LogP contribution < -0.4 is 10.2 Å². The number of carbonyl (C=O) groups excluding carboxylic acids is 3. The number of nitrogens with one attached hydrogen (secondary N) is 1. The van der Waals surface area contributed by atoms with Crippen molar-refractivity contribution < 1.29 is 14.4 Å². The van der Waals surface area contributed by atoms with Crippen LogP contribution in [0.25, 0.3) is 0 Å². The van der Waals surface area contributed by atoms with Crippen LogP contribution in [0.15, 0.2) is 47.5 Å².